The maximum Gasteiger partial charge on any atom is 0.232 e. The maximum atomic E-state index is 9.28. The van der Waals surface area contributed by atoms with E-state index in [2.05, 4.69) is 20.5 Å². The molecule has 0 amide bonds. The van der Waals surface area contributed by atoms with Crippen molar-refractivity contribution >= 4 is 40.7 Å². The van der Waals surface area contributed by atoms with Gasteiger partial charge in [-0.25, -0.2) is 0 Å². The van der Waals surface area contributed by atoms with Crippen LogP contribution in [-0.4, -0.2) is 41.5 Å². The smallest absolute Gasteiger partial charge is 0.232 e. The number of halogens is 3. The molecule has 2 heterocycles. The van der Waals surface area contributed by atoms with Crippen LogP contribution in [0.15, 0.2) is 35.0 Å². The summed E-state index contributed by atoms with van der Waals surface area (Å²) in [6, 6.07) is 6.74. The van der Waals surface area contributed by atoms with Crippen LogP contribution in [0.5, 0.6) is 5.75 Å². The van der Waals surface area contributed by atoms with Crippen molar-refractivity contribution in [3.8, 4) is 23.3 Å². The van der Waals surface area contributed by atoms with Gasteiger partial charge in [0.1, 0.15) is 18.4 Å². The van der Waals surface area contributed by atoms with Crippen molar-refractivity contribution in [1.82, 2.24) is 15.2 Å². The molecule has 0 spiro atoms. The third-order valence-electron chi connectivity index (χ3n) is 3.54. The van der Waals surface area contributed by atoms with Crippen molar-refractivity contribution in [2.24, 2.45) is 0 Å². The molecule has 3 aromatic rings. The normalized spacial score (nSPS) is 10.6. The van der Waals surface area contributed by atoms with E-state index >= 15 is 0 Å². The van der Waals surface area contributed by atoms with Crippen LogP contribution in [0.1, 0.15) is 5.69 Å². The second-order valence-corrected chi connectivity index (χ2v) is 6.75. The fourth-order valence-electron chi connectivity index (χ4n) is 2.26. The first-order chi connectivity index (χ1) is 14.1. The average Bonchev–Trinajstić information content (AvgIpc) is 3.13. The van der Waals surface area contributed by atoms with E-state index in [0.29, 0.717) is 42.7 Å². The summed E-state index contributed by atoms with van der Waals surface area (Å²) in [6.07, 6.45) is 3.06. The zero-order chi connectivity index (χ0) is 20.6. The highest BCUT2D eigenvalue weighted by atomic mass is 35.5. The highest BCUT2D eigenvalue weighted by molar-refractivity contribution is 6.44. The van der Waals surface area contributed by atoms with Crippen LogP contribution < -0.4 is 10.1 Å². The van der Waals surface area contributed by atoms with E-state index in [-0.39, 0.29) is 27.5 Å². The Kier molecular flexibility index (Phi) is 7.49. The van der Waals surface area contributed by atoms with E-state index in [9.17, 15) is 5.26 Å². The number of aromatic nitrogens is 3. The molecule has 0 saturated heterocycles. The van der Waals surface area contributed by atoms with Crippen molar-refractivity contribution < 1.29 is 13.9 Å². The lowest BCUT2D eigenvalue weighted by Gasteiger charge is -2.07. The predicted octanol–water partition coefficient (Wildman–Crippen LogP) is 4.47. The van der Waals surface area contributed by atoms with E-state index < -0.39 is 0 Å². The summed E-state index contributed by atoms with van der Waals surface area (Å²) < 4.78 is 16.5. The Hall–Kier alpha value is -2.57. The van der Waals surface area contributed by atoms with Gasteiger partial charge in [-0.15, -0.1) is 0 Å². The molecule has 3 rings (SSSR count). The summed E-state index contributed by atoms with van der Waals surface area (Å²) in [5.74, 6) is 0.963. The predicted molar refractivity (Wildman–Crippen MR) is 109 cm³/mol. The number of oxazole rings is 1. The molecule has 11 heteroatoms. The summed E-state index contributed by atoms with van der Waals surface area (Å²) in [4.78, 5) is 4.14. The minimum atomic E-state index is 0.0840. The van der Waals surface area contributed by atoms with Gasteiger partial charge in [-0.1, -0.05) is 34.8 Å². The van der Waals surface area contributed by atoms with Gasteiger partial charge in [-0.3, -0.25) is 0 Å². The Morgan fingerprint density at radius 1 is 1.14 bits per heavy atom. The Balaban J connectivity index is 1.51. The standard InChI is InChI=1S/C18H14Cl3N5O3/c19-11-7-13(16(21)14(20)8-11)17-26-15(9-22)18(29-17)23-3-4-27-5-6-28-12-1-2-24-25-10-12/h1-2,7-8,10,23H,3-6H2. The molecular weight excluding hydrogens is 441 g/mol. The molecule has 29 heavy (non-hydrogen) atoms. The number of nitrogens with one attached hydrogen (secondary N) is 1. The Bertz CT molecular complexity index is 1010. The number of hydrogen-bond donors (Lipinski definition) is 1. The summed E-state index contributed by atoms with van der Waals surface area (Å²) >= 11 is 18.2. The van der Waals surface area contributed by atoms with Crippen LogP contribution in [0.4, 0.5) is 5.88 Å². The van der Waals surface area contributed by atoms with Crippen LogP contribution in [0.3, 0.4) is 0 Å². The van der Waals surface area contributed by atoms with Crippen LogP contribution in [0.25, 0.3) is 11.5 Å². The molecule has 1 aromatic carbocycles. The zero-order valence-electron chi connectivity index (χ0n) is 14.9. The largest absolute Gasteiger partial charge is 0.489 e. The Morgan fingerprint density at radius 3 is 2.76 bits per heavy atom. The van der Waals surface area contributed by atoms with Crippen LogP contribution in [0, 0.1) is 11.3 Å². The van der Waals surface area contributed by atoms with E-state index in [1.165, 1.54) is 12.3 Å². The maximum absolute atomic E-state index is 9.28. The fourth-order valence-corrected chi connectivity index (χ4v) is 2.95. The van der Waals surface area contributed by atoms with Crippen LogP contribution in [0.2, 0.25) is 15.1 Å². The minimum absolute atomic E-state index is 0.0840. The van der Waals surface area contributed by atoms with E-state index in [0.717, 1.165) is 0 Å². The van der Waals surface area contributed by atoms with Crippen molar-refractivity contribution in [3.63, 3.8) is 0 Å². The Labute approximate surface area is 181 Å². The summed E-state index contributed by atoms with van der Waals surface area (Å²) in [7, 11) is 0. The fraction of sp³-hybridized carbons (Fsp3) is 0.222. The lowest BCUT2D eigenvalue weighted by Crippen LogP contribution is -2.13. The second kappa shape index (κ2) is 10.3. The summed E-state index contributed by atoms with van der Waals surface area (Å²) in [5.41, 5.74) is 0.480. The molecule has 1 N–H and O–H groups in total. The van der Waals surface area contributed by atoms with Gasteiger partial charge in [0.05, 0.1) is 41.2 Å². The van der Waals surface area contributed by atoms with Crippen molar-refractivity contribution in [1.29, 1.82) is 5.26 Å². The lowest BCUT2D eigenvalue weighted by atomic mass is 10.2. The number of hydrogen-bond acceptors (Lipinski definition) is 8. The lowest BCUT2D eigenvalue weighted by molar-refractivity contribution is 0.107. The van der Waals surface area contributed by atoms with Gasteiger partial charge in [0, 0.05) is 17.6 Å². The highest BCUT2D eigenvalue weighted by Crippen LogP contribution is 2.37. The number of nitriles is 1. The first-order valence-electron chi connectivity index (χ1n) is 8.35. The van der Waals surface area contributed by atoms with Crippen LogP contribution in [-0.2, 0) is 4.74 Å². The Morgan fingerprint density at radius 2 is 2.00 bits per heavy atom. The molecule has 0 bridgehead atoms. The van der Waals surface area contributed by atoms with Gasteiger partial charge in [0.25, 0.3) is 0 Å². The van der Waals surface area contributed by atoms with Crippen molar-refractivity contribution in [3.05, 3.63) is 51.4 Å². The average molecular weight is 455 g/mol. The van der Waals surface area contributed by atoms with Gasteiger partial charge >= 0.3 is 0 Å². The number of rotatable bonds is 9. The number of ether oxygens (including phenoxy) is 2. The third-order valence-corrected chi connectivity index (χ3v) is 4.56. The van der Waals surface area contributed by atoms with Crippen molar-refractivity contribution in [2.75, 3.05) is 31.7 Å². The molecular formula is C18H14Cl3N5O3. The van der Waals surface area contributed by atoms with Gasteiger partial charge in [-0.2, -0.15) is 20.4 Å². The third kappa shape index (κ3) is 5.71. The SMILES string of the molecule is N#Cc1nc(-c2cc(Cl)cc(Cl)c2Cl)oc1NCCOCCOc1ccnnc1. The quantitative estimate of drug-likeness (QED) is 0.373. The summed E-state index contributed by atoms with van der Waals surface area (Å²) in [6.45, 7) is 1.51. The molecule has 0 aliphatic rings. The molecule has 0 aliphatic heterocycles. The molecule has 0 unspecified atom stereocenters. The molecule has 150 valence electrons. The topological polar surface area (TPSA) is 106 Å². The summed E-state index contributed by atoms with van der Waals surface area (Å²) in [5, 5.41) is 20.5. The van der Waals surface area contributed by atoms with E-state index in [1.807, 2.05) is 6.07 Å². The molecule has 0 aliphatic carbocycles. The van der Waals surface area contributed by atoms with Gasteiger partial charge in [-0.05, 0) is 12.1 Å². The van der Waals surface area contributed by atoms with E-state index in [4.69, 9.17) is 48.7 Å². The highest BCUT2D eigenvalue weighted by Gasteiger charge is 2.18. The molecule has 0 saturated carbocycles. The molecule has 8 nitrogen and oxygen atoms in total. The number of benzene rings is 1. The van der Waals surface area contributed by atoms with Gasteiger partial charge in [0.15, 0.2) is 0 Å². The zero-order valence-corrected chi connectivity index (χ0v) is 17.1. The molecule has 0 radical (unpaired) electrons. The minimum Gasteiger partial charge on any atom is -0.489 e. The first kappa shape index (κ1) is 21.1. The number of nitrogens with zero attached hydrogens (tertiary/aromatic N) is 4. The first-order valence-corrected chi connectivity index (χ1v) is 9.49. The number of anilines is 1. The van der Waals surface area contributed by atoms with Crippen LogP contribution >= 0.6 is 34.8 Å². The van der Waals surface area contributed by atoms with Gasteiger partial charge < -0.3 is 19.2 Å². The monoisotopic (exact) mass is 453 g/mol. The van der Waals surface area contributed by atoms with Gasteiger partial charge in [0.2, 0.25) is 17.5 Å². The molecule has 0 atom stereocenters. The molecule has 0 fully saturated rings. The van der Waals surface area contributed by atoms with Crippen molar-refractivity contribution in [2.45, 2.75) is 0 Å². The molecule has 2 aromatic heterocycles. The second-order valence-electron chi connectivity index (χ2n) is 5.52. The van der Waals surface area contributed by atoms with E-state index in [1.54, 1.807) is 18.3 Å².